The number of ether oxygens (including phenoxy) is 1. The summed E-state index contributed by atoms with van der Waals surface area (Å²) in [6, 6.07) is 1.65. The van der Waals surface area contributed by atoms with Crippen molar-refractivity contribution in [2.24, 2.45) is 0 Å². The second-order valence-corrected chi connectivity index (χ2v) is 3.11. The molecule has 2 heterocycles. The fraction of sp³-hybridized carbons (Fsp3) is 0.571. The van der Waals surface area contributed by atoms with Gasteiger partial charge in [0.25, 0.3) is 0 Å². The average Bonchev–Trinajstić information content (AvgIpc) is 2.48. The molecular weight excluding hydrogens is 182 g/mol. The Kier molecular flexibility index (Phi) is 1.83. The molecule has 0 aromatic carbocycles. The summed E-state index contributed by atoms with van der Waals surface area (Å²) in [4.78, 5) is 0. The Bertz CT molecular complexity index is 282. The monoisotopic (exact) mass is 189 g/mol. The van der Waals surface area contributed by atoms with Gasteiger partial charge in [-0.1, -0.05) is 5.16 Å². The van der Waals surface area contributed by atoms with Crippen molar-refractivity contribution in [3.63, 3.8) is 0 Å². The molecule has 1 fully saturated rings. The molecule has 5 heteroatoms. The van der Waals surface area contributed by atoms with Gasteiger partial charge in [0.2, 0.25) is 0 Å². The Morgan fingerprint density at radius 1 is 1.67 bits per heavy atom. The molecule has 2 rings (SSSR count). The summed E-state index contributed by atoms with van der Waals surface area (Å²) in [7, 11) is 0. The first-order valence-corrected chi connectivity index (χ1v) is 4.10. The van der Waals surface area contributed by atoms with Gasteiger partial charge in [-0.05, 0) is 0 Å². The Balaban J connectivity index is 2.22. The van der Waals surface area contributed by atoms with Gasteiger partial charge in [-0.3, -0.25) is 0 Å². The van der Waals surface area contributed by atoms with Crippen LogP contribution in [0, 0.1) is 0 Å². The molecule has 0 amide bonds. The van der Waals surface area contributed by atoms with Crippen LogP contribution in [0.5, 0.6) is 0 Å². The Morgan fingerprint density at radius 3 is 2.83 bits per heavy atom. The van der Waals surface area contributed by atoms with E-state index in [1.807, 2.05) is 0 Å². The van der Waals surface area contributed by atoms with Crippen LogP contribution in [0.4, 0.5) is 0 Å². The number of halogens is 1. The lowest BCUT2D eigenvalue weighted by molar-refractivity contribution is -0.195. The van der Waals surface area contributed by atoms with Crippen molar-refractivity contribution in [3.05, 3.63) is 17.5 Å². The van der Waals surface area contributed by atoms with Crippen LogP contribution in [0.3, 0.4) is 0 Å². The van der Waals surface area contributed by atoms with Gasteiger partial charge < -0.3 is 14.4 Å². The third-order valence-corrected chi connectivity index (χ3v) is 2.11. The predicted octanol–water partition coefficient (Wildman–Crippen LogP) is 0.631. The van der Waals surface area contributed by atoms with Crippen molar-refractivity contribution in [2.75, 3.05) is 13.2 Å². The Labute approximate surface area is 74.1 Å². The van der Waals surface area contributed by atoms with Crippen LogP contribution in [0.25, 0.3) is 0 Å². The minimum Gasteiger partial charge on any atom is -0.377 e. The van der Waals surface area contributed by atoms with Crippen LogP contribution in [0.1, 0.15) is 11.5 Å². The van der Waals surface area contributed by atoms with Crippen molar-refractivity contribution in [3.8, 4) is 0 Å². The number of aromatic nitrogens is 1. The van der Waals surface area contributed by atoms with Gasteiger partial charge in [0.1, 0.15) is 0 Å². The number of hydrogen-bond donors (Lipinski definition) is 1. The third-order valence-electron chi connectivity index (χ3n) is 1.84. The van der Waals surface area contributed by atoms with Crippen LogP contribution < -0.4 is 0 Å². The standard InChI is InChI=1S/C7H8ClNO3/c8-2-5-1-6(12-9-5)7(10)3-11-4-7/h1,10H,2-4H2. The third kappa shape index (κ3) is 1.12. The first kappa shape index (κ1) is 8.04. The normalized spacial score (nSPS) is 20.5. The molecule has 0 saturated carbocycles. The SMILES string of the molecule is OC1(c2cc(CCl)no2)COC1. The van der Waals surface area contributed by atoms with Gasteiger partial charge >= 0.3 is 0 Å². The lowest BCUT2D eigenvalue weighted by Crippen LogP contribution is -2.46. The minimum absolute atomic E-state index is 0.268. The lowest BCUT2D eigenvalue weighted by atomic mass is 9.99. The highest BCUT2D eigenvalue weighted by atomic mass is 35.5. The van der Waals surface area contributed by atoms with E-state index in [1.54, 1.807) is 6.07 Å². The Morgan fingerprint density at radius 2 is 2.42 bits per heavy atom. The summed E-state index contributed by atoms with van der Waals surface area (Å²) < 4.78 is 9.76. The molecule has 1 aromatic rings. The van der Waals surface area contributed by atoms with Crippen LogP contribution in [-0.2, 0) is 16.2 Å². The van der Waals surface area contributed by atoms with Gasteiger partial charge in [-0.25, -0.2) is 0 Å². The highest BCUT2D eigenvalue weighted by molar-refractivity contribution is 6.16. The smallest absolute Gasteiger partial charge is 0.173 e. The molecule has 1 N–H and O–H groups in total. The Hall–Kier alpha value is -0.580. The van der Waals surface area contributed by atoms with Crippen LogP contribution in [-0.4, -0.2) is 23.5 Å². The average molecular weight is 190 g/mol. The quantitative estimate of drug-likeness (QED) is 0.694. The highest BCUT2D eigenvalue weighted by Crippen LogP contribution is 2.29. The van der Waals surface area contributed by atoms with E-state index in [1.165, 1.54) is 0 Å². The first-order valence-electron chi connectivity index (χ1n) is 3.57. The van der Waals surface area contributed by atoms with Crippen molar-refractivity contribution < 1.29 is 14.4 Å². The number of alkyl halides is 1. The fourth-order valence-electron chi connectivity index (χ4n) is 1.03. The largest absolute Gasteiger partial charge is 0.377 e. The first-order chi connectivity index (χ1) is 5.74. The van der Waals surface area contributed by atoms with Crippen LogP contribution in [0.15, 0.2) is 10.6 Å². The van der Waals surface area contributed by atoms with E-state index in [0.717, 1.165) is 0 Å². The number of rotatable bonds is 2. The van der Waals surface area contributed by atoms with E-state index in [0.29, 0.717) is 17.3 Å². The fourth-order valence-corrected chi connectivity index (χ4v) is 1.16. The molecular formula is C7H8ClNO3. The maximum Gasteiger partial charge on any atom is 0.173 e. The maximum absolute atomic E-state index is 9.69. The van der Waals surface area contributed by atoms with Gasteiger partial charge in [0, 0.05) is 6.07 Å². The molecule has 66 valence electrons. The van der Waals surface area contributed by atoms with E-state index in [4.69, 9.17) is 20.9 Å². The molecule has 1 aliphatic rings. The second kappa shape index (κ2) is 2.73. The second-order valence-electron chi connectivity index (χ2n) is 2.84. The molecule has 12 heavy (non-hydrogen) atoms. The predicted molar refractivity (Wildman–Crippen MR) is 40.8 cm³/mol. The van der Waals surface area contributed by atoms with E-state index in [-0.39, 0.29) is 13.2 Å². The molecule has 0 bridgehead atoms. The number of hydrogen-bond acceptors (Lipinski definition) is 4. The van der Waals surface area contributed by atoms with Crippen molar-refractivity contribution in [2.45, 2.75) is 11.5 Å². The zero-order valence-corrected chi connectivity index (χ0v) is 7.04. The topological polar surface area (TPSA) is 55.5 Å². The van der Waals surface area contributed by atoms with Gasteiger partial charge in [0.15, 0.2) is 11.4 Å². The molecule has 0 spiro atoms. The number of aliphatic hydroxyl groups is 1. The molecule has 4 nitrogen and oxygen atoms in total. The summed E-state index contributed by atoms with van der Waals surface area (Å²) in [6.45, 7) is 0.536. The van der Waals surface area contributed by atoms with E-state index in [2.05, 4.69) is 5.16 Å². The van der Waals surface area contributed by atoms with Gasteiger partial charge in [-0.2, -0.15) is 0 Å². The zero-order valence-electron chi connectivity index (χ0n) is 6.29. The summed E-state index contributed by atoms with van der Waals surface area (Å²) >= 11 is 5.52. The van der Waals surface area contributed by atoms with Crippen molar-refractivity contribution >= 4 is 11.6 Å². The molecule has 1 aliphatic heterocycles. The van der Waals surface area contributed by atoms with Crippen LogP contribution in [0.2, 0.25) is 0 Å². The molecule has 0 radical (unpaired) electrons. The molecule has 0 aliphatic carbocycles. The van der Waals surface area contributed by atoms with E-state index < -0.39 is 5.60 Å². The van der Waals surface area contributed by atoms with Gasteiger partial charge in [-0.15, -0.1) is 11.6 Å². The molecule has 1 aromatic heterocycles. The maximum atomic E-state index is 9.69. The summed E-state index contributed by atoms with van der Waals surface area (Å²) in [5, 5.41) is 13.3. The van der Waals surface area contributed by atoms with Crippen LogP contribution >= 0.6 is 11.6 Å². The molecule has 0 atom stereocenters. The summed E-state index contributed by atoms with van der Waals surface area (Å²) in [6.07, 6.45) is 0. The molecule has 1 saturated heterocycles. The molecule has 0 unspecified atom stereocenters. The number of nitrogens with zero attached hydrogens (tertiary/aromatic N) is 1. The van der Waals surface area contributed by atoms with E-state index >= 15 is 0 Å². The minimum atomic E-state index is -0.975. The highest BCUT2D eigenvalue weighted by Gasteiger charge is 2.41. The van der Waals surface area contributed by atoms with Gasteiger partial charge in [0.05, 0.1) is 24.8 Å². The summed E-state index contributed by atoms with van der Waals surface area (Å²) in [5.41, 5.74) is -0.343. The lowest BCUT2D eigenvalue weighted by Gasteiger charge is -2.33. The van der Waals surface area contributed by atoms with E-state index in [9.17, 15) is 5.11 Å². The van der Waals surface area contributed by atoms with Crippen molar-refractivity contribution in [1.29, 1.82) is 0 Å². The van der Waals surface area contributed by atoms with Crippen molar-refractivity contribution in [1.82, 2.24) is 5.16 Å². The summed E-state index contributed by atoms with van der Waals surface area (Å²) in [5.74, 6) is 0.727. The zero-order chi connectivity index (χ0) is 8.60.